The fraction of sp³-hybridized carbons (Fsp3) is 0.800. The molecule has 0 saturated carbocycles. The lowest BCUT2D eigenvalue weighted by molar-refractivity contribution is 0.459. The molecule has 0 aromatic rings. The van der Waals surface area contributed by atoms with Crippen molar-refractivity contribution in [3.8, 4) is 0 Å². The van der Waals surface area contributed by atoms with E-state index in [1.165, 1.54) is 7.05 Å². The lowest BCUT2D eigenvalue weighted by Gasteiger charge is -2.18. The number of hydrogen-bond donors (Lipinski definition) is 3. The Morgan fingerprint density at radius 3 is 2.42 bits per heavy atom. The molecule has 0 aliphatic rings. The van der Waals surface area contributed by atoms with Crippen molar-refractivity contribution in [1.82, 2.24) is 9.03 Å². The van der Waals surface area contributed by atoms with E-state index in [0.717, 1.165) is 4.31 Å². The second kappa shape index (κ2) is 4.39. The molecule has 72 valence electrons. The van der Waals surface area contributed by atoms with E-state index in [2.05, 4.69) is 4.72 Å². The molecule has 0 rings (SSSR count). The van der Waals surface area contributed by atoms with Gasteiger partial charge >= 0.3 is 0 Å². The first-order valence-corrected chi connectivity index (χ1v) is 4.89. The summed E-state index contributed by atoms with van der Waals surface area (Å²) in [6, 6.07) is 0. The van der Waals surface area contributed by atoms with Gasteiger partial charge in [-0.2, -0.15) is 12.7 Å². The lowest BCUT2D eigenvalue weighted by Crippen LogP contribution is -2.43. The maximum absolute atomic E-state index is 11.1. The van der Waals surface area contributed by atoms with E-state index in [0.29, 0.717) is 6.54 Å². The summed E-state index contributed by atoms with van der Waals surface area (Å²) in [6.45, 7) is 1.90. The van der Waals surface area contributed by atoms with Crippen molar-refractivity contribution >= 4 is 16.0 Å². The summed E-state index contributed by atoms with van der Waals surface area (Å²) in [5, 5.41) is 6.93. The van der Waals surface area contributed by atoms with Crippen LogP contribution < -0.4 is 10.5 Å². The summed E-state index contributed by atoms with van der Waals surface area (Å²) >= 11 is 0. The van der Waals surface area contributed by atoms with E-state index in [-0.39, 0.29) is 12.4 Å². The first-order chi connectivity index (χ1) is 5.44. The van der Waals surface area contributed by atoms with Gasteiger partial charge in [0, 0.05) is 13.6 Å². The van der Waals surface area contributed by atoms with Gasteiger partial charge in [-0.05, 0) is 0 Å². The third-order valence-corrected chi connectivity index (χ3v) is 2.88. The summed E-state index contributed by atoms with van der Waals surface area (Å²) in [5.41, 5.74) is 5.07. The van der Waals surface area contributed by atoms with Crippen LogP contribution in [-0.4, -0.2) is 38.7 Å². The van der Waals surface area contributed by atoms with E-state index in [1.54, 1.807) is 6.92 Å². The minimum absolute atomic E-state index is 0.0698. The maximum Gasteiger partial charge on any atom is 0.279 e. The SMILES string of the molecule is CCN(CC(=N)N)S(=O)(=O)NC. The molecule has 0 aliphatic carbocycles. The largest absolute Gasteiger partial charge is 0.387 e. The van der Waals surface area contributed by atoms with Crippen molar-refractivity contribution in [2.24, 2.45) is 5.73 Å². The molecule has 0 radical (unpaired) electrons. The van der Waals surface area contributed by atoms with Gasteiger partial charge in [-0.25, -0.2) is 4.72 Å². The number of nitrogens with two attached hydrogens (primary N) is 1. The molecule has 0 aromatic carbocycles. The number of likely N-dealkylation sites (N-methyl/N-ethyl adjacent to an activating group) is 1. The first kappa shape index (κ1) is 11.3. The molecule has 7 heteroatoms. The van der Waals surface area contributed by atoms with Crippen molar-refractivity contribution in [2.75, 3.05) is 20.1 Å². The summed E-state index contributed by atoms with van der Waals surface area (Å²) in [4.78, 5) is 0. The fourth-order valence-electron chi connectivity index (χ4n) is 0.686. The minimum Gasteiger partial charge on any atom is -0.387 e. The molecule has 0 amide bonds. The Bertz CT molecular complexity index is 248. The zero-order valence-corrected chi connectivity index (χ0v) is 7.98. The molecule has 6 nitrogen and oxygen atoms in total. The Labute approximate surface area is 72.4 Å². The van der Waals surface area contributed by atoms with Crippen molar-refractivity contribution in [3.63, 3.8) is 0 Å². The zero-order valence-electron chi connectivity index (χ0n) is 7.16. The van der Waals surface area contributed by atoms with E-state index < -0.39 is 10.2 Å². The smallest absolute Gasteiger partial charge is 0.279 e. The summed E-state index contributed by atoms with van der Waals surface area (Å²) in [6.07, 6.45) is 0. The Kier molecular flexibility index (Phi) is 4.15. The average molecular weight is 194 g/mol. The van der Waals surface area contributed by atoms with Crippen molar-refractivity contribution in [3.05, 3.63) is 0 Å². The topological polar surface area (TPSA) is 99.3 Å². The third-order valence-electron chi connectivity index (χ3n) is 1.30. The van der Waals surface area contributed by atoms with Gasteiger partial charge in [-0.1, -0.05) is 6.92 Å². The third kappa shape index (κ3) is 3.16. The predicted molar refractivity (Wildman–Crippen MR) is 47.1 cm³/mol. The predicted octanol–water partition coefficient (Wildman–Crippen LogP) is -1.29. The quantitative estimate of drug-likeness (QED) is 0.375. The fourth-order valence-corrected chi connectivity index (χ4v) is 1.59. The Morgan fingerprint density at radius 1 is 1.67 bits per heavy atom. The van der Waals surface area contributed by atoms with Crippen LogP contribution in [0.5, 0.6) is 0 Å². The second-order valence-electron chi connectivity index (χ2n) is 2.16. The summed E-state index contributed by atoms with van der Waals surface area (Å²) in [7, 11) is -2.13. The monoisotopic (exact) mass is 194 g/mol. The van der Waals surface area contributed by atoms with E-state index in [1.807, 2.05) is 0 Å². The highest BCUT2D eigenvalue weighted by atomic mass is 32.2. The summed E-state index contributed by atoms with van der Waals surface area (Å²) in [5.74, 6) is -0.171. The van der Waals surface area contributed by atoms with Crippen LogP contribution in [0.25, 0.3) is 0 Å². The van der Waals surface area contributed by atoms with Crippen LogP contribution in [-0.2, 0) is 10.2 Å². The van der Waals surface area contributed by atoms with Crippen LogP contribution in [0.15, 0.2) is 0 Å². The van der Waals surface area contributed by atoms with Gasteiger partial charge in [-0.3, -0.25) is 5.41 Å². The molecule has 0 unspecified atom stereocenters. The number of nitrogens with one attached hydrogen (secondary N) is 2. The van der Waals surface area contributed by atoms with Crippen LogP contribution in [0, 0.1) is 5.41 Å². The molecule has 0 aliphatic heterocycles. The average Bonchev–Trinajstić information content (AvgIpc) is 1.99. The molecule has 4 N–H and O–H groups in total. The van der Waals surface area contributed by atoms with Crippen LogP contribution in [0.1, 0.15) is 6.92 Å². The highest BCUT2D eigenvalue weighted by Gasteiger charge is 2.17. The van der Waals surface area contributed by atoms with Gasteiger partial charge in [-0.15, -0.1) is 0 Å². The van der Waals surface area contributed by atoms with Crippen LogP contribution in [0.3, 0.4) is 0 Å². The number of nitrogens with zero attached hydrogens (tertiary/aromatic N) is 1. The normalized spacial score (nSPS) is 11.9. The second-order valence-corrected chi connectivity index (χ2v) is 4.04. The van der Waals surface area contributed by atoms with Crippen molar-refractivity contribution in [2.45, 2.75) is 6.92 Å². The van der Waals surface area contributed by atoms with E-state index >= 15 is 0 Å². The molecular formula is C5H14N4O2S. The molecule has 0 atom stereocenters. The Balaban J connectivity index is 4.46. The minimum atomic E-state index is -3.44. The molecule has 12 heavy (non-hydrogen) atoms. The first-order valence-electron chi connectivity index (χ1n) is 3.45. The van der Waals surface area contributed by atoms with Gasteiger partial charge < -0.3 is 5.73 Å². The highest BCUT2D eigenvalue weighted by Crippen LogP contribution is 1.94. The van der Waals surface area contributed by atoms with Crippen LogP contribution >= 0.6 is 0 Å². The molecule has 0 spiro atoms. The van der Waals surface area contributed by atoms with Crippen molar-refractivity contribution < 1.29 is 8.42 Å². The van der Waals surface area contributed by atoms with Gasteiger partial charge in [0.25, 0.3) is 10.2 Å². The van der Waals surface area contributed by atoms with Gasteiger partial charge in [0.1, 0.15) is 5.84 Å². The van der Waals surface area contributed by atoms with Gasteiger partial charge in [0.15, 0.2) is 0 Å². The number of rotatable bonds is 5. The van der Waals surface area contributed by atoms with Gasteiger partial charge in [0.05, 0.1) is 6.54 Å². The molecule has 0 fully saturated rings. The highest BCUT2D eigenvalue weighted by molar-refractivity contribution is 7.87. The number of hydrogen-bond acceptors (Lipinski definition) is 3. The molecule has 0 heterocycles. The Hall–Kier alpha value is -0.660. The molecule has 0 aromatic heterocycles. The maximum atomic E-state index is 11.1. The number of amidine groups is 1. The van der Waals surface area contributed by atoms with Crippen LogP contribution in [0.4, 0.5) is 0 Å². The summed E-state index contributed by atoms with van der Waals surface area (Å²) < 4.78 is 25.5. The van der Waals surface area contributed by atoms with E-state index in [9.17, 15) is 8.42 Å². The van der Waals surface area contributed by atoms with Crippen molar-refractivity contribution in [1.29, 1.82) is 5.41 Å². The molecule has 0 bridgehead atoms. The molecular weight excluding hydrogens is 180 g/mol. The lowest BCUT2D eigenvalue weighted by atomic mass is 10.6. The van der Waals surface area contributed by atoms with Crippen LogP contribution in [0.2, 0.25) is 0 Å². The zero-order chi connectivity index (χ0) is 9.78. The van der Waals surface area contributed by atoms with Gasteiger partial charge in [0.2, 0.25) is 0 Å². The standard InChI is InChI=1S/C5H14N4O2S/c1-3-9(4-5(6)7)12(10,11)8-2/h8H,3-4H2,1-2H3,(H3,6,7). The van der Waals surface area contributed by atoms with E-state index in [4.69, 9.17) is 11.1 Å². The molecule has 0 saturated heterocycles. The Morgan fingerprint density at radius 2 is 2.17 bits per heavy atom.